The fourth-order valence-corrected chi connectivity index (χ4v) is 3.53. The van der Waals surface area contributed by atoms with E-state index in [0.717, 1.165) is 24.1 Å². The zero-order valence-electron chi connectivity index (χ0n) is 14.6. The molecule has 0 aromatic heterocycles. The summed E-state index contributed by atoms with van der Waals surface area (Å²) in [4.78, 5) is 25.7. The van der Waals surface area contributed by atoms with Crippen molar-refractivity contribution < 1.29 is 32.6 Å². The van der Waals surface area contributed by atoms with Crippen LogP contribution in [-0.4, -0.2) is 47.3 Å². The second kappa shape index (κ2) is 7.65. The molecule has 0 spiro atoms. The molecular formula is C18H22F3NO4. The molecule has 0 aliphatic carbocycles. The average Bonchev–Trinajstić information content (AvgIpc) is 2.77. The minimum Gasteiger partial charge on any atom is -0.480 e. The number of methoxy groups -OCH3 is 1. The van der Waals surface area contributed by atoms with Crippen LogP contribution in [0.3, 0.4) is 0 Å². The lowest BCUT2D eigenvalue weighted by Crippen LogP contribution is -2.61. The maximum Gasteiger partial charge on any atom is 0.430 e. The Balaban J connectivity index is 2.63. The molecule has 144 valence electrons. The maximum atomic E-state index is 14.1. The maximum absolute atomic E-state index is 14.1. The van der Waals surface area contributed by atoms with Crippen LogP contribution < -0.4 is 0 Å². The second-order valence-corrected chi connectivity index (χ2v) is 6.45. The molecule has 1 fully saturated rings. The number of halogens is 3. The lowest BCUT2D eigenvalue weighted by molar-refractivity contribution is -0.272. The predicted octanol–water partition coefficient (Wildman–Crippen LogP) is 3.33. The van der Waals surface area contributed by atoms with Crippen LogP contribution in [0.4, 0.5) is 13.2 Å². The van der Waals surface area contributed by atoms with Gasteiger partial charge in [0.05, 0.1) is 0 Å². The zero-order chi connectivity index (χ0) is 19.5. The molecule has 0 bridgehead atoms. The van der Waals surface area contributed by atoms with E-state index in [2.05, 4.69) is 0 Å². The van der Waals surface area contributed by atoms with Crippen molar-refractivity contribution in [3.8, 4) is 0 Å². The van der Waals surface area contributed by atoms with E-state index < -0.39 is 35.7 Å². The summed E-state index contributed by atoms with van der Waals surface area (Å²) in [5.74, 6) is -2.70. The number of aliphatic carboxylic acids is 1. The van der Waals surface area contributed by atoms with Gasteiger partial charge in [0.2, 0.25) is 0 Å². The third kappa shape index (κ3) is 3.42. The summed E-state index contributed by atoms with van der Waals surface area (Å²) >= 11 is 0. The van der Waals surface area contributed by atoms with Crippen LogP contribution in [-0.2, 0) is 19.9 Å². The molecule has 0 unspecified atom stereocenters. The number of carbonyl (C=O) groups excluding carboxylic acids is 1. The summed E-state index contributed by atoms with van der Waals surface area (Å²) in [5.41, 5.74) is -3.62. The third-order valence-corrected chi connectivity index (χ3v) is 4.87. The Morgan fingerprint density at radius 3 is 2.23 bits per heavy atom. The van der Waals surface area contributed by atoms with Gasteiger partial charge in [-0.1, -0.05) is 43.2 Å². The number of carboxylic acid groups (broad SMARTS) is 1. The van der Waals surface area contributed by atoms with E-state index in [1.807, 2.05) is 0 Å². The molecule has 1 aromatic rings. The molecule has 3 atom stereocenters. The average molecular weight is 373 g/mol. The molecule has 26 heavy (non-hydrogen) atoms. The molecule has 2 rings (SSSR count). The monoisotopic (exact) mass is 373 g/mol. The number of carbonyl (C=O) groups is 2. The number of ether oxygens (including phenoxy) is 1. The van der Waals surface area contributed by atoms with Gasteiger partial charge >= 0.3 is 12.1 Å². The van der Waals surface area contributed by atoms with E-state index in [1.165, 1.54) is 18.2 Å². The highest BCUT2D eigenvalue weighted by Crippen LogP contribution is 2.44. The summed E-state index contributed by atoms with van der Waals surface area (Å²) in [6, 6.07) is 4.64. The first-order chi connectivity index (χ1) is 12.2. The van der Waals surface area contributed by atoms with Gasteiger partial charge in [0, 0.05) is 18.7 Å². The van der Waals surface area contributed by atoms with Gasteiger partial charge in [-0.05, 0) is 19.8 Å². The van der Waals surface area contributed by atoms with Crippen molar-refractivity contribution in [3.05, 3.63) is 35.9 Å². The van der Waals surface area contributed by atoms with E-state index in [-0.39, 0.29) is 12.0 Å². The molecule has 1 amide bonds. The number of nitrogens with zero attached hydrogens (tertiary/aromatic N) is 1. The molecule has 8 heteroatoms. The molecule has 1 heterocycles. The molecule has 1 saturated heterocycles. The van der Waals surface area contributed by atoms with Crippen LogP contribution in [0.2, 0.25) is 0 Å². The number of alkyl halides is 3. The number of hydrogen-bond acceptors (Lipinski definition) is 3. The minimum atomic E-state index is -5.06. The van der Waals surface area contributed by atoms with Crippen molar-refractivity contribution in [1.29, 1.82) is 0 Å². The van der Waals surface area contributed by atoms with Gasteiger partial charge in [-0.25, -0.2) is 4.79 Å². The lowest BCUT2D eigenvalue weighted by atomic mass is 9.89. The Morgan fingerprint density at radius 2 is 1.73 bits per heavy atom. The van der Waals surface area contributed by atoms with Gasteiger partial charge in [0.15, 0.2) is 0 Å². The van der Waals surface area contributed by atoms with E-state index in [0.29, 0.717) is 19.3 Å². The Kier molecular flexibility index (Phi) is 5.95. The largest absolute Gasteiger partial charge is 0.480 e. The van der Waals surface area contributed by atoms with Crippen molar-refractivity contribution in [2.24, 2.45) is 0 Å². The highest BCUT2D eigenvalue weighted by Gasteiger charge is 2.65. The number of benzene rings is 1. The fourth-order valence-electron chi connectivity index (χ4n) is 3.53. The first-order valence-corrected chi connectivity index (χ1v) is 8.39. The van der Waals surface area contributed by atoms with Gasteiger partial charge in [0.1, 0.15) is 6.04 Å². The predicted molar refractivity (Wildman–Crippen MR) is 87.4 cm³/mol. The van der Waals surface area contributed by atoms with Crippen molar-refractivity contribution in [3.63, 3.8) is 0 Å². The number of likely N-dealkylation sites (tertiary alicyclic amines) is 1. The molecule has 1 aliphatic heterocycles. The molecule has 1 aromatic carbocycles. The number of rotatable bonds is 4. The van der Waals surface area contributed by atoms with Crippen molar-refractivity contribution >= 4 is 11.9 Å². The molecular weight excluding hydrogens is 351 g/mol. The van der Waals surface area contributed by atoms with E-state index in [1.54, 1.807) is 6.92 Å². The first-order valence-electron chi connectivity index (χ1n) is 8.39. The topological polar surface area (TPSA) is 66.8 Å². The molecule has 0 saturated carbocycles. The highest BCUT2D eigenvalue weighted by atomic mass is 19.4. The zero-order valence-corrected chi connectivity index (χ0v) is 14.6. The van der Waals surface area contributed by atoms with Gasteiger partial charge < -0.3 is 14.7 Å². The normalized spacial score (nSPS) is 23.8. The smallest absolute Gasteiger partial charge is 0.430 e. The van der Waals surface area contributed by atoms with Crippen LogP contribution in [0.25, 0.3) is 0 Å². The third-order valence-electron chi connectivity index (χ3n) is 4.87. The van der Waals surface area contributed by atoms with Gasteiger partial charge in [0.25, 0.3) is 11.5 Å². The van der Waals surface area contributed by atoms with Crippen LogP contribution in [0.5, 0.6) is 0 Å². The van der Waals surface area contributed by atoms with Crippen molar-refractivity contribution in [1.82, 2.24) is 4.90 Å². The van der Waals surface area contributed by atoms with Crippen LogP contribution in [0.1, 0.15) is 38.2 Å². The molecule has 0 radical (unpaired) electrons. The Bertz CT molecular complexity index is 650. The summed E-state index contributed by atoms with van der Waals surface area (Å²) in [6.07, 6.45) is -3.34. The van der Waals surface area contributed by atoms with E-state index in [4.69, 9.17) is 4.74 Å². The second-order valence-electron chi connectivity index (χ2n) is 6.45. The molecule has 5 nitrogen and oxygen atoms in total. The Morgan fingerprint density at radius 1 is 1.15 bits per heavy atom. The fraction of sp³-hybridized carbons (Fsp3) is 0.556. The molecule has 1 N–H and O–H groups in total. The summed E-state index contributed by atoms with van der Waals surface area (Å²) in [5, 5.41) is 9.50. The van der Waals surface area contributed by atoms with Crippen LogP contribution >= 0.6 is 0 Å². The Hall–Kier alpha value is -2.09. The molecule has 1 aliphatic rings. The van der Waals surface area contributed by atoms with E-state index in [9.17, 15) is 27.9 Å². The van der Waals surface area contributed by atoms with Crippen LogP contribution in [0, 0.1) is 0 Å². The quantitative estimate of drug-likeness (QED) is 0.879. The first kappa shape index (κ1) is 20.2. The minimum absolute atomic E-state index is 0.109. The number of amides is 1. The highest BCUT2D eigenvalue weighted by molar-refractivity contribution is 5.91. The SMILES string of the molecule is CO[C@@](C(=O)N1[C@@H](C)CCCC[C@H]1C(=O)O)(c1ccccc1)C(F)(F)F. The van der Waals surface area contributed by atoms with Gasteiger partial charge in [-0.15, -0.1) is 0 Å². The van der Waals surface area contributed by atoms with Crippen LogP contribution in [0.15, 0.2) is 30.3 Å². The lowest BCUT2D eigenvalue weighted by Gasteiger charge is -2.41. The Labute approximate surface area is 149 Å². The number of carboxylic acids is 1. The summed E-state index contributed by atoms with van der Waals surface area (Å²) < 4.78 is 47.1. The standard InChI is InChI=1S/C18H22F3NO4/c1-12-8-6-7-11-14(15(23)24)22(12)16(25)17(26-2,18(19,20)21)13-9-4-3-5-10-13/h3-5,9-10,12,14H,6-8,11H2,1-2H3,(H,23,24)/t12-,14-,17+/m0/s1. The number of hydrogen-bond donors (Lipinski definition) is 1. The van der Waals surface area contributed by atoms with Crippen molar-refractivity contribution in [2.75, 3.05) is 7.11 Å². The van der Waals surface area contributed by atoms with Crippen molar-refractivity contribution in [2.45, 2.75) is 56.5 Å². The summed E-state index contributed by atoms with van der Waals surface area (Å²) in [6.45, 7) is 1.57. The van der Waals surface area contributed by atoms with Gasteiger partial charge in [-0.3, -0.25) is 4.79 Å². The summed E-state index contributed by atoms with van der Waals surface area (Å²) in [7, 11) is 0.816. The van der Waals surface area contributed by atoms with Gasteiger partial charge in [-0.2, -0.15) is 13.2 Å². The van der Waals surface area contributed by atoms with E-state index >= 15 is 0 Å².